The molecule has 0 aromatic heterocycles. The van der Waals surface area contributed by atoms with Crippen LogP contribution in [-0.4, -0.2) is 59.1 Å². The molecule has 1 amide bonds. The van der Waals surface area contributed by atoms with Crippen LogP contribution < -0.4 is 10.0 Å². The number of hydrogen-bond acceptors (Lipinski definition) is 5. The number of benzene rings is 1. The zero-order valence-corrected chi connectivity index (χ0v) is 17.2. The molecular weight excluding hydrogens is 366 g/mol. The highest BCUT2D eigenvalue weighted by atomic mass is 32.2. The molecule has 27 heavy (non-hydrogen) atoms. The van der Waals surface area contributed by atoms with Gasteiger partial charge in [0, 0.05) is 31.8 Å². The number of amides is 1. The van der Waals surface area contributed by atoms with E-state index >= 15 is 0 Å². The third-order valence-electron chi connectivity index (χ3n) is 4.84. The summed E-state index contributed by atoms with van der Waals surface area (Å²) in [6.45, 7) is 7.66. The van der Waals surface area contributed by atoms with E-state index in [0.717, 1.165) is 39.1 Å². The molecule has 0 atom stereocenters. The van der Waals surface area contributed by atoms with Crippen LogP contribution in [0.2, 0.25) is 0 Å². The van der Waals surface area contributed by atoms with Crippen LogP contribution in [-0.2, 0) is 19.6 Å². The Morgan fingerprint density at radius 3 is 2.41 bits per heavy atom. The molecule has 2 rings (SSSR count). The molecule has 7 nitrogen and oxygen atoms in total. The molecule has 8 heteroatoms. The minimum atomic E-state index is -3.55. The first-order valence-corrected chi connectivity index (χ1v) is 10.9. The zero-order valence-electron chi connectivity index (χ0n) is 16.4. The first kappa shape index (κ1) is 21.8. The van der Waals surface area contributed by atoms with Crippen molar-refractivity contribution in [3.05, 3.63) is 24.3 Å². The maximum absolute atomic E-state index is 12.5. The van der Waals surface area contributed by atoms with E-state index in [0.29, 0.717) is 18.2 Å². The molecule has 1 heterocycles. The Balaban J connectivity index is 1.83. The Morgan fingerprint density at radius 1 is 1.22 bits per heavy atom. The summed E-state index contributed by atoms with van der Waals surface area (Å²) in [4.78, 5) is 14.3. The summed E-state index contributed by atoms with van der Waals surface area (Å²) in [6, 6.07) is 6.27. The van der Waals surface area contributed by atoms with E-state index in [9.17, 15) is 13.2 Å². The van der Waals surface area contributed by atoms with Gasteiger partial charge in [-0.3, -0.25) is 4.79 Å². The molecule has 0 saturated carbocycles. The van der Waals surface area contributed by atoms with Gasteiger partial charge >= 0.3 is 0 Å². The van der Waals surface area contributed by atoms with Crippen molar-refractivity contribution >= 4 is 21.6 Å². The van der Waals surface area contributed by atoms with Crippen LogP contribution in [0.1, 0.15) is 26.7 Å². The van der Waals surface area contributed by atoms with Gasteiger partial charge in [-0.05, 0) is 56.1 Å². The van der Waals surface area contributed by atoms with Crippen molar-refractivity contribution < 1.29 is 17.9 Å². The van der Waals surface area contributed by atoms with Gasteiger partial charge in [0.05, 0.1) is 11.5 Å². The summed E-state index contributed by atoms with van der Waals surface area (Å²) in [5.74, 6) is 0.125. The van der Waals surface area contributed by atoms with Crippen molar-refractivity contribution in [3.8, 4) is 0 Å². The number of nitrogens with zero attached hydrogens (tertiary/aromatic N) is 1. The number of methoxy groups -OCH3 is 1. The number of rotatable bonds is 9. The van der Waals surface area contributed by atoms with E-state index in [1.807, 2.05) is 0 Å². The number of nitrogens with one attached hydrogen (secondary N) is 2. The van der Waals surface area contributed by atoms with Gasteiger partial charge in [-0.2, -0.15) is 0 Å². The normalized spacial score (nSPS) is 16.6. The number of carbonyl (C=O) groups excluding carboxylic acids is 1. The van der Waals surface area contributed by atoms with Crippen molar-refractivity contribution in [1.29, 1.82) is 0 Å². The van der Waals surface area contributed by atoms with Crippen molar-refractivity contribution in [2.24, 2.45) is 11.8 Å². The number of ether oxygens (including phenoxy) is 1. The summed E-state index contributed by atoms with van der Waals surface area (Å²) < 4.78 is 32.8. The molecule has 0 aliphatic carbocycles. The molecular formula is C19H31N3O4S. The van der Waals surface area contributed by atoms with Gasteiger partial charge in [0.2, 0.25) is 15.9 Å². The van der Waals surface area contributed by atoms with Crippen LogP contribution in [0.4, 0.5) is 5.69 Å². The van der Waals surface area contributed by atoms with Gasteiger partial charge in [0.15, 0.2) is 0 Å². The fourth-order valence-electron chi connectivity index (χ4n) is 2.95. The highest BCUT2D eigenvalue weighted by Gasteiger charge is 2.22. The zero-order chi connectivity index (χ0) is 19.9. The van der Waals surface area contributed by atoms with Crippen molar-refractivity contribution in [2.75, 3.05) is 45.2 Å². The van der Waals surface area contributed by atoms with E-state index in [1.165, 1.54) is 12.1 Å². The van der Waals surface area contributed by atoms with E-state index in [2.05, 4.69) is 14.9 Å². The molecule has 1 saturated heterocycles. The van der Waals surface area contributed by atoms with E-state index < -0.39 is 10.0 Å². The van der Waals surface area contributed by atoms with Crippen LogP contribution in [0.3, 0.4) is 0 Å². The number of carbonyl (C=O) groups is 1. The lowest BCUT2D eigenvalue weighted by molar-refractivity contribution is -0.118. The summed E-state index contributed by atoms with van der Waals surface area (Å²) in [7, 11) is -1.84. The van der Waals surface area contributed by atoms with Gasteiger partial charge in [-0.15, -0.1) is 0 Å². The summed E-state index contributed by atoms with van der Waals surface area (Å²) in [5, 5.41) is 2.75. The quantitative estimate of drug-likeness (QED) is 0.665. The Kier molecular flexibility index (Phi) is 8.22. The molecule has 0 bridgehead atoms. The van der Waals surface area contributed by atoms with Crippen LogP contribution in [0.5, 0.6) is 0 Å². The van der Waals surface area contributed by atoms with Gasteiger partial charge in [0.25, 0.3) is 0 Å². The number of anilines is 1. The molecule has 1 aliphatic heterocycles. The van der Waals surface area contributed by atoms with Crippen molar-refractivity contribution in [2.45, 2.75) is 31.6 Å². The fraction of sp³-hybridized carbons (Fsp3) is 0.632. The second kappa shape index (κ2) is 10.2. The minimum absolute atomic E-state index is 0.0967. The lowest BCUT2D eigenvalue weighted by atomic mass is 9.97. The van der Waals surface area contributed by atoms with E-state index in [1.54, 1.807) is 33.1 Å². The molecule has 0 radical (unpaired) electrons. The van der Waals surface area contributed by atoms with Crippen LogP contribution >= 0.6 is 0 Å². The lowest BCUT2D eigenvalue weighted by Gasteiger charge is -2.31. The number of likely N-dealkylation sites (tertiary alicyclic amines) is 1. The van der Waals surface area contributed by atoms with Crippen molar-refractivity contribution in [3.63, 3.8) is 0 Å². The summed E-state index contributed by atoms with van der Waals surface area (Å²) in [6.07, 6.45) is 1.96. The third-order valence-corrected chi connectivity index (χ3v) is 6.28. The number of sulfonamides is 1. The van der Waals surface area contributed by atoms with Gasteiger partial charge in [-0.1, -0.05) is 13.8 Å². The molecule has 0 unspecified atom stereocenters. The Morgan fingerprint density at radius 2 is 1.85 bits per heavy atom. The second-order valence-electron chi connectivity index (χ2n) is 7.30. The molecule has 0 spiro atoms. The molecule has 2 N–H and O–H groups in total. The summed E-state index contributed by atoms with van der Waals surface area (Å²) >= 11 is 0. The number of hydrogen-bond donors (Lipinski definition) is 2. The molecule has 1 aliphatic rings. The highest BCUT2D eigenvalue weighted by molar-refractivity contribution is 7.89. The van der Waals surface area contributed by atoms with Gasteiger partial charge in [0.1, 0.15) is 0 Å². The van der Waals surface area contributed by atoms with Crippen LogP contribution in [0.25, 0.3) is 0 Å². The standard InChI is InChI=1S/C19H31N3O4S/c1-15(2)19(23)21-17-4-6-18(7-5-17)27(24,25)20-14-16-8-10-22(11-9-16)12-13-26-3/h4-7,15-16,20H,8-14H2,1-3H3,(H,21,23). The smallest absolute Gasteiger partial charge is 0.240 e. The first-order chi connectivity index (χ1) is 12.8. The molecule has 1 aromatic carbocycles. The van der Waals surface area contributed by atoms with E-state index in [-0.39, 0.29) is 16.7 Å². The van der Waals surface area contributed by atoms with Crippen LogP contribution in [0, 0.1) is 11.8 Å². The lowest BCUT2D eigenvalue weighted by Crippen LogP contribution is -2.39. The van der Waals surface area contributed by atoms with Crippen molar-refractivity contribution in [1.82, 2.24) is 9.62 Å². The topological polar surface area (TPSA) is 87.7 Å². The van der Waals surface area contributed by atoms with E-state index in [4.69, 9.17) is 4.74 Å². The minimum Gasteiger partial charge on any atom is -0.383 e. The predicted octanol–water partition coefficient (Wildman–Crippen LogP) is 1.92. The fourth-order valence-corrected chi connectivity index (χ4v) is 4.07. The maximum atomic E-state index is 12.5. The second-order valence-corrected chi connectivity index (χ2v) is 9.06. The predicted molar refractivity (Wildman–Crippen MR) is 106 cm³/mol. The Labute approximate surface area is 162 Å². The molecule has 1 fully saturated rings. The molecule has 152 valence electrons. The molecule has 1 aromatic rings. The van der Waals surface area contributed by atoms with Gasteiger partial charge in [-0.25, -0.2) is 13.1 Å². The third kappa shape index (κ3) is 6.88. The SMILES string of the molecule is COCCN1CCC(CNS(=O)(=O)c2ccc(NC(=O)C(C)C)cc2)CC1. The largest absolute Gasteiger partial charge is 0.383 e. The maximum Gasteiger partial charge on any atom is 0.240 e. The Hall–Kier alpha value is -1.48. The monoisotopic (exact) mass is 397 g/mol. The average Bonchev–Trinajstić information content (AvgIpc) is 2.66. The van der Waals surface area contributed by atoms with Gasteiger partial charge < -0.3 is 15.0 Å². The van der Waals surface area contributed by atoms with Crippen LogP contribution in [0.15, 0.2) is 29.2 Å². The average molecular weight is 398 g/mol. The Bertz CT molecular complexity index is 696. The highest BCUT2D eigenvalue weighted by Crippen LogP contribution is 2.18. The summed E-state index contributed by atoms with van der Waals surface area (Å²) in [5.41, 5.74) is 0.594. The first-order valence-electron chi connectivity index (χ1n) is 9.43. The number of piperidine rings is 1.